The maximum atomic E-state index is 11.9. The molecule has 1 aliphatic carbocycles. The lowest BCUT2D eigenvalue weighted by Gasteiger charge is -2.25. The minimum absolute atomic E-state index is 0.262. The lowest BCUT2D eigenvalue weighted by molar-refractivity contribution is 0.0954. The predicted molar refractivity (Wildman–Crippen MR) is 94.9 cm³/mol. The van der Waals surface area contributed by atoms with Gasteiger partial charge in [0, 0.05) is 16.6 Å². The zero-order chi connectivity index (χ0) is 16.4. The Kier molecular flexibility index (Phi) is 8.96. The molecule has 1 saturated carbocycles. The highest BCUT2D eigenvalue weighted by molar-refractivity contribution is 7.97. The fourth-order valence-electron chi connectivity index (χ4n) is 2.56. The van der Waals surface area contributed by atoms with Gasteiger partial charge in [-0.05, 0) is 50.0 Å². The Balaban J connectivity index is 0.00000116. The van der Waals surface area contributed by atoms with Crippen LogP contribution in [0.15, 0.2) is 23.1 Å². The van der Waals surface area contributed by atoms with Crippen molar-refractivity contribution in [3.63, 3.8) is 0 Å². The van der Waals surface area contributed by atoms with E-state index in [1.165, 1.54) is 31.2 Å². The van der Waals surface area contributed by atoms with Gasteiger partial charge in [0.1, 0.15) is 0 Å². The van der Waals surface area contributed by atoms with E-state index in [0.717, 1.165) is 23.4 Å². The average Bonchev–Trinajstić information content (AvgIpc) is 2.58. The number of nitrogens with one attached hydrogen (secondary N) is 3. The van der Waals surface area contributed by atoms with E-state index in [9.17, 15) is 4.79 Å². The number of nitrogens with two attached hydrogens (primary N) is 1. The molecule has 5 N–H and O–H groups in total. The first-order valence-electron chi connectivity index (χ1n) is 7.99. The van der Waals surface area contributed by atoms with Crippen LogP contribution in [0.3, 0.4) is 0 Å². The predicted octanol–water partition coefficient (Wildman–Crippen LogP) is 3.29. The lowest BCUT2D eigenvalue weighted by atomic mass is 9.95. The van der Waals surface area contributed by atoms with Gasteiger partial charge >= 0.3 is 0 Å². The Bertz CT molecular complexity index is 461. The minimum atomic E-state index is -0.262. The third kappa shape index (κ3) is 5.51. The van der Waals surface area contributed by atoms with E-state index in [-0.39, 0.29) is 5.91 Å². The fourth-order valence-corrected chi connectivity index (χ4v) is 3.11. The van der Waals surface area contributed by atoms with Crippen molar-refractivity contribution in [1.82, 2.24) is 10.1 Å². The number of benzene rings is 1. The van der Waals surface area contributed by atoms with Gasteiger partial charge in [-0.1, -0.05) is 33.1 Å². The number of hydrazine groups is 1. The monoisotopic (exact) mass is 324 g/mol. The summed E-state index contributed by atoms with van der Waals surface area (Å²) in [6.45, 7) is 4.00. The van der Waals surface area contributed by atoms with E-state index in [2.05, 4.69) is 15.5 Å². The molecule has 0 atom stereocenters. The van der Waals surface area contributed by atoms with Crippen LogP contribution in [0.4, 0.5) is 5.69 Å². The normalized spacial score (nSPS) is 14.7. The Morgan fingerprint density at radius 3 is 2.50 bits per heavy atom. The van der Waals surface area contributed by atoms with E-state index < -0.39 is 0 Å². The summed E-state index contributed by atoms with van der Waals surface area (Å²) in [6, 6.07) is 6.27. The third-order valence-corrected chi connectivity index (χ3v) is 4.25. The molecule has 1 aromatic rings. The third-order valence-electron chi connectivity index (χ3n) is 3.55. The second-order valence-electron chi connectivity index (χ2n) is 4.97. The standard InChI is InChI=1S/C14H22N4OS.C2H6/c1-16-20-11-7-8-13(12(9-11)14(19)18-15)17-10-5-3-2-4-6-10;1-2/h7-10,16-17H,2-6,15H2,1H3,(H,18,19);1-2H3. The van der Waals surface area contributed by atoms with Gasteiger partial charge in [-0.15, -0.1) is 0 Å². The van der Waals surface area contributed by atoms with Crippen molar-refractivity contribution in [3.8, 4) is 0 Å². The van der Waals surface area contributed by atoms with Gasteiger partial charge in [-0.3, -0.25) is 14.9 Å². The van der Waals surface area contributed by atoms with Gasteiger partial charge in [0.15, 0.2) is 0 Å². The molecule has 0 saturated heterocycles. The van der Waals surface area contributed by atoms with Crippen LogP contribution in [0, 0.1) is 0 Å². The molecule has 22 heavy (non-hydrogen) atoms. The zero-order valence-electron chi connectivity index (χ0n) is 13.7. The van der Waals surface area contributed by atoms with Crippen molar-refractivity contribution in [3.05, 3.63) is 23.8 Å². The molecule has 0 aliphatic heterocycles. The summed E-state index contributed by atoms with van der Waals surface area (Å²) < 4.78 is 3.00. The number of anilines is 1. The molecular formula is C16H28N4OS. The van der Waals surface area contributed by atoms with Gasteiger partial charge in [0.05, 0.1) is 5.56 Å². The molecule has 1 aromatic carbocycles. The molecule has 0 unspecified atom stereocenters. The number of carbonyl (C=O) groups excluding carboxylic acids is 1. The molecule has 1 aliphatic rings. The topological polar surface area (TPSA) is 79.2 Å². The van der Waals surface area contributed by atoms with Crippen LogP contribution in [-0.2, 0) is 0 Å². The molecule has 0 spiro atoms. The molecule has 1 fully saturated rings. The Morgan fingerprint density at radius 1 is 1.23 bits per heavy atom. The van der Waals surface area contributed by atoms with Gasteiger partial charge in [0.25, 0.3) is 5.91 Å². The lowest BCUT2D eigenvalue weighted by Crippen LogP contribution is -2.31. The maximum Gasteiger partial charge on any atom is 0.267 e. The van der Waals surface area contributed by atoms with Crippen molar-refractivity contribution in [1.29, 1.82) is 0 Å². The highest BCUT2D eigenvalue weighted by Crippen LogP contribution is 2.26. The molecule has 0 heterocycles. The summed E-state index contributed by atoms with van der Waals surface area (Å²) in [4.78, 5) is 12.9. The van der Waals surface area contributed by atoms with Crippen molar-refractivity contribution in [2.45, 2.75) is 56.9 Å². The maximum absolute atomic E-state index is 11.9. The van der Waals surface area contributed by atoms with E-state index in [1.54, 1.807) is 0 Å². The Labute approximate surface area is 137 Å². The molecule has 0 bridgehead atoms. The van der Waals surface area contributed by atoms with Gasteiger partial charge in [0.2, 0.25) is 0 Å². The summed E-state index contributed by atoms with van der Waals surface area (Å²) in [7, 11) is 1.85. The fraction of sp³-hybridized carbons (Fsp3) is 0.562. The summed E-state index contributed by atoms with van der Waals surface area (Å²) >= 11 is 1.47. The average molecular weight is 324 g/mol. The van der Waals surface area contributed by atoms with E-state index >= 15 is 0 Å². The van der Waals surface area contributed by atoms with Crippen molar-refractivity contribution >= 4 is 23.5 Å². The van der Waals surface area contributed by atoms with Crippen LogP contribution < -0.4 is 21.3 Å². The summed E-state index contributed by atoms with van der Waals surface area (Å²) in [5.74, 6) is 5.02. The molecule has 6 heteroatoms. The molecule has 0 radical (unpaired) electrons. The minimum Gasteiger partial charge on any atom is -0.382 e. The number of rotatable bonds is 5. The van der Waals surface area contributed by atoms with Crippen molar-refractivity contribution in [2.24, 2.45) is 5.84 Å². The van der Waals surface area contributed by atoms with Crippen molar-refractivity contribution in [2.75, 3.05) is 12.4 Å². The van der Waals surface area contributed by atoms with Crippen LogP contribution in [-0.4, -0.2) is 19.0 Å². The first-order valence-corrected chi connectivity index (χ1v) is 8.81. The van der Waals surface area contributed by atoms with Crippen LogP contribution >= 0.6 is 11.9 Å². The largest absolute Gasteiger partial charge is 0.382 e. The second-order valence-corrected chi connectivity index (χ2v) is 6.05. The van der Waals surface area contributed by atoms with Gasteiger partial charge in [-0.25, -0.2) is 5.84 Å². The Hall–Kier alpha value is -1.24. The van der Waals surface area contributed by atoms with E-state index in [0.29, 0.717) is 11.6 Å². The van der Waals surface area contributed by atoms with Gasteiger partial charge in [-0.2, -0.15) is 0 Å². The number of amides is 1. The highest BCUT2D eigenvalue weighted by atomic mass is 32.2. The quantitative estimate of drug-likeness (QED) is 0.289. The molecule has 2 rings (SSSR count). The molecule has 0 aromatic heterocycles. The summed E-state index contributed by atoms with van der Waals surface area (Å²) in [5, 5.41) is 3.49. The number of nitrogen functional groups attached to an aromatic ring is 1. The molecular weight excluding hydrogens is 296 g/mol. The summed E-state index contributed by atoms with van der Waals surface area (Å²) in [6.07, 6.45) is 6.15. The van der Waals surface area contributed by atoms with Crippen LogP contribution in [0.1, 0.15) is 56.3 Å². The summed E-state index contributed by atoms with van der Waals surface area (Å²) in [5.41, 5.74) is 3.68. The zero-order valence-corrected chi connectivity index (χ0v) is 14.6. The first-order chi connectivity index (χ1) is 10.7. The Morgan fingerprint density at radius 2 is 1.91 bits per heavy atom. The number of carbonyl (C=O) groups is 1. The van der Waals surface area contributed by atoms with Crippen LogP contribution in [0.2, 0.25) is 0 Å². The molecule has 1 amide bonds. The SMILES string of the molecule is CC.CNSc1ccc(NC2CCCCC2)c(C(=O)NN)c1. The van der Waals surface area contributed by atoms with Gasteiger partial charge < -0.3 is 5.32 Å². The first kappa shape index (κ1) is 18.8. The van der Waals surface area contributed by atoms with Crippen LogP contribution in [0.25, 0.3) is 0 Å². The number of hydrogen-bond donors (Lipinski definition) is 4. The smallest absolute Gasteiger partial charge is 0.267 e. The highest BCUT2D eigenvalue weighted by Gasteiger charge is 2.17. The molecule has 124 valence electrons. The van der Waals surface area contributed by atoms with E-state index in [1.807, 2.05) is 39.1 Å². The van der Waals surface area contributed by atoms with Crippen molar-refractivity contribution < 1.29 is 4.79 Å². The number of hydrogen-bond acceptors (Lipinski definition) is 5. The van der Waals surface area contributed by atoms with Crippen LogP contribution in [0.5, 0.6) is 0 Å². The van der Waals surface area contributed by atoms with E-state index in [4.69, 9.17) is 5.84 Å². The second kappa shape index (κ2) is 10.5. The molecule has 5 nitrogen and oxygen atoms in total.